The second-order valence-electron chi connectivity index (χ2n) is 4.59. The van der Waals surface area contributed by atoms with Gasteiger partial charge in [-0.25, -0.2) is 0 Å². The number of nitrogens with one attached hydrogen (secondary N) is 1. The smallest absolute Gasteiger partial charge is 0.381 e. The summed E-state index contributed by atoms with van der Waals surface area (Å²) in [6.07, 6.45) is -1.05. The van der Waals surface area contributed by atoms with Crippen LogP contribution in [-0.4, -0.2) is 6.04 Å². The standard InChI is InChI=1S/C12H12F3N/c13-12(14,15)7-4-5-11-9(6-7)8-2-1-3-10(8)16-11/h4-6,8,10,16H,1-3H2. The van der Waals surface area contributed by atoms with Gasteiger partial charge < -0.3 is 5.32 Å². The maximum Gasteiger partial charge on any atom is 0.416 e. The van der Waals surface area contributed by atoms with Crippen molar-refractivity contribution in [3.05, 3.63) is 29.3 Å². The zero-order valence-corrected chi connectivity index (χ0v) is 8.64. The van der Waals surface area contributed by atoms with Gasteiger partial charge in [0.15, 0.2) is 0 Å². The van der Waals surface area contributed by atoms with Gasteiger partial charge in [-0.3, -0.25) is 0 Å². The monoisotopic (exact) mass is 227 g/mol. The van der Waals surface area contributed by atoms with Crippen LogP contribution in [0, 0.1) is 0 Å². The van der Waals surface area contributed by atoms with Gasteiger partial charge in [-0.2, -0.15) is 13.2 Å². The minimum atomic E-state index is -4.23. The van der Waals surface area contributed by atoms with E-state index in [0.717, 1.165) is 36.6 Å². The van der Waals surface area contributed by atoms with Crippen LogP contribution in [0.5, 0.6) is 0 Å². The molecule has 1 aliphatic heterocycles. The zero-order valence-electron chi connectivity index (χ0n) is 8.64. The summed E-state index contributed by atoms with van der Waals surface area (Å²) in [7, 11) is 0. The van der Waals surface area contributed by atoms with Crippen molar-refractivity contribution in [1.82, 2.24) is 0 Å². The predicted octanol–water partition coefficient (Wildman–Crippen LogP) is 3.77. The normalized spacial score (nSPS) is 27.4. The van der Waals surface area contributed by atoms with Crippen molar-refractivity contribution in [3.8, 4) is 0 Å². The molecule has 2 atom stereocenters. The maximum absolute atomic E-state index is 12.6. The molecule has 0 aromatic heterocycles. The molecule has 1 aliphatic carbocycles. The SMILES string of the molecule is FC(F)(F)c1ccc2c(c1)C1CCCC1N2. The Kier molecular flexibility index (Phi) is 1.97. The van der Waals surface area contributed by atoms with Crippen molar-refractivity contribution < 1.29 is 13.2 Å². The number of rotatable bonds is 0. The summed E-state index contributed by atoms with van der Waals surface area (Å²) in [4.78, 5) is 0. The van der Waals surface area contributed by atoms with E-state index in [-0.39, 0.29) is 5.92 Å². The third kappa shape index (κ3) is 1.39. The second kappa shape index (κ2) is 3.15. The van der Waals surface area contributed by atoms with Gasteiger partial charge in [0, 0.05) is 17.6 Å². The van der Waals surface area contributed by atoms with Gasteiger partial charge in [-0.05, 0) is 36.6 Å². The fraction of sp³-hybridized carbons (Fsp3) is 0.500. The lowest BCUT2D eigenvalue weighted by molar-refractivity contribution is -0.137. The van der Waals surface area contributed by atoms with Gasteiger partial charge in [0.1, 0.15) is 0 Å². The molecule has 0 spiro atoms. The third-order valence-electron chi connectivity index (χ3n) is 3.64. The van der Waals surface area contributed by atoms with E-state index in [1.165, 1.54) is 6.07 Å². The van der Waals surface area contributed by atoms with Crippen LogP contribution in [0.25, 0.3) is 0 Å². The van der Waals surface area contributed by atoms with Crippen LogP contribution in [0.3, 0.4) is 0 Å². The second-order valence-corrected chi connectivity index (χ2v) is 4.59. The van der Waals surface area contributed by atoms with Crippen molar-refractivity contribution >= 4 is 5.69 Å². The molecule has 0 amide bonds. The lowest BCUT2D eigenvalue weighted by atomic mass is 9.96. The van der Waals surface area contributed by atoms with Crippen LogP contribution < -0.4 is 5.32 Å². The Morgan fingerprint density at radius 3 is 2.75 bits per heavy atom. The van der Waals surface area contributed by atoms with Crippen molar-refractivity contribution in [2.24, 2.45) is 0 Å². The molecular formula is C12H12F3N. The highest BCUT2D eigenvalue weighted by Gasteiger charge is 2.38. The number of benzene rings is 1. The minimum Gasteiger partial charge on any atom is -0.381 e. The zero-order chi connectivity index (χ0) is 11.3. The van der Waals surface area contributed by atoms with E-state index < -0.39 is 11.7 Å². The van der Waals surface area contributed by atoms with E-state index in [2.05, 4.69) is 5.32 Å². The highest BCUT2D eigenvalue weighted by molar-refractivity contribution is 5.61. The first kappa shape index (κ1) is 10.00. The highest BCUT2D eigenvalue weighted by atomic mass is 19.4. The lowest BCUT2D eigenvalue weighted by Gasteiger charge is -2.11. The average Bonchev–Trinajstić information content (AvgIpc) is 2.74. The van der Waals surface area contributed by atoms with Crippen LogP contribution in [0.1, 0.15) is 36.3 Å². The molecule has 1 heterocycles. The van der Waals surface area contributed by atoms with Gasteiger partial charge in [-0.1, -0.05) is 6.42 Å². The fourth-order valence-electron chi connectivity index (χ4n) is 2.88. The van der Waals surface area contributed by atoms with Crippen LogP contribution in [-0.2, 0) is 6.18 Å². The predicted molar refractivity (Wildman–Crippen MR) is 55.4 cm³/mol. The summed E-state index contributed by atoms with van der Waals surface area (Å²) in [5.41, 5.74) is 1.22. The number of fused-ring (bicyclic) bond motifs is 3. The Balaban J connectivity index is 2.03. The first-order chi connectivity index (χ1) is 7.55. The van der Waals surface area contributed by atoms with Crippen LogP contribution >= 0.6 is 0 Å². The molecule has 1 saturated carbocycles. The molecule has 3 rings (SSSR count). The molecule has 4 heteroatoms. The van der Waals surface area contributed by atoms with E-state index in [0.29, 0.717) is 6.04 Å². The van der Waals surface area contributed by atoms with Crippen LogP contribution in [0.2, 0.25) is 0 Å². The number of alkyl halides is 3. The van der Waals surface area contributed by atoms with Crippen LogP contribution in [0.15, 0.2) is 18.2 Å². The Hall–Kier alpha value is -1.19. The molecule has 2 aliphatic rings. The summed E-state index contributed by atoms with van der Waals surface area (Å²) in [6.45, 7) is 0. The lowest BCUT2D eigenvalue weighted by Crippen LogP contribution is -2.13. The van der Waals surface area contributed by atoms with Gasteiger partial charge >= 0.3 is 6.18 Å². The van der Waals surface area contributed by atoms with Crippen molar-refractivity contribution in [2.45, 2.75) is 37.4 Å². The first-order valence-corrected chi connectivity index (χ1v) is 5.53. The van der Waals surface area contributed by atoms with E-state index in [1.807, 2.05) is 0 Å². The molecule has 2 unspecified atom stereocenters. The van der Waals surface area contributed by atoms with Gasteiger partial charge in [-0.15, -0.1) is 0 Å². The first-order valence-electron chi connectivity index (χ1n) is 5.53. The number of anilines is 1. The Bertz CT molecular complexity index is 425. The molecule has 0 saturated heterocycles. The number of halogens is 3. The van der Waals surface area contributed by atoms with E-state index in [1.54, 1.807) is 6.07 Å². The quantitative estimate of drug-likeness (QED) is 0.711. The molecule has 0 bridgehead atoms. The van der Waals surface area contributed by atoms with Gasteiger partial charge in [0.05, 0.1) is 5.56 Å². The topological polar surface area (TPSA) is 12.0 Å². The molecular weight excluding hydrogens is 215 g/mol. The van der Waals surface area contributed by atoms with Gasteiger partial charge in [0.25, 0.3) is 0 Å². The molecule has 0 radical (unpaired) electrons. The van der Waals surface area contributed by atoms with E-state index >= 15 is 0 Å². The Labute approximate surface area is 91.7 Å². The summed E-state index contributed by atoms with van der Waals surface area (Å²) in [6, 6.07) is 4.40. The van der Waals surface area contributed by atoms with Crippen LogP contribution in [0.4, 0.5) is 18.9 Å². The van der Waals surface area contributed by atoms with Crippen molar-refractivity contribution in [3.63, 3.8) is 0 Å². The molecule has 16 heavy (non-hydrogen) atoms. The largest absolute Gasteiger partial charge is 0.416 e. The molecule has 1 N–H and O–H groups in total. The Morgan fingerprint density at radius 1 is 1.19 bits per heavy atom. The highest BCUT2D eigenvalue weighted by Crippen LogP contribution is 2.46. The van der Waals surface area contributed by atoms with Crippen molar-refractivity contribution in [1.29, 1.82) is 0 Å². The summed E-state index contributed by atoms with van der Waals surface area (Å²) in [5.74, 6) is 0.289. The van der Waals surface area contributed by atoms with E-state index in [9.17, 15) is 13.2 Å². The minimum absolute atomic E-state index is 0.289. The molecule has 1 nitrogen and oxygen atoms in total. The number of hydrogen-bond acceptors (Lipinski definition) is 1. The third-order valence-corrected chi connectivity index (χ3v) is 3.64. The van der Waals surface area contributed by atoms with Crippen molar-refractivity contribution in [2.75, 3.05) is 5.32 Å². The molecule has 1 aromatic carbocycles. The molecule has 1 aromatic rings. The van der Waals surface area contributed by atoms with E-state index in [4.69, 9.17) is 0 Å². The summed E-state index contributed by atoms with van der Waals surface area (Å²) < 4.78 is 37.7. The maximum atomic E-state index is 12.6. The Morgan fingerprint density at radius 2 is 2.00 bits per heavy atom. The number of hydrogen-bond donors (Lipinski definition) is 1. The fourth-order valence-corrected chi connectivity index (χ4v) is 2.88. The molecule has 86 valence electrons. The summed E-state index contributed by atoms with van der Waals surface area (Å²) in [5, 5.41) is 3.31. The van der Waals surface area contributed by atoms with Gasteiger partial charge in [0.2, 0.25) is 0 Å². The summed E-state index contributed by atoms with van der Waals surface area (Å²) >= 11 is 0. The molecule has 1 fully saturated rings. The average molecular weight is 227 g/mol.